The van der Waals surface area contributed by atoms with Gasteiger partial charge >= 0.3 is 17.9 Å². The molecule has 2 heterocycles. The molecular weight excluding hydrogens is 502 g/mol. The fraction of sp³-hybridized carbons (Fsp3) is 0.577. The summed E-state index contributed by atoms with van der Waals surface area (Å²) in [7, 11) is 1.43. The van der Waals surface area contributed by atoms with E-state index in [1.54, 1.807) is 0 Å². The molecule has 1 aromatic carbocycles. The second kappa shape index (κ2) is 11.1. The highest BCUT2D eigenvalue weighted by atomic mass is 16.8. The topological polar surface area (TPSA) is 192 Å². The minimum absolute atomic E-state index is 0.0195. The highest BCUT2D eigenvalue weighted by Crippen LogP contribution is 2.54. The molecule has 0 radical (unpaired) electrons. The Morgan fingerprint density at radius 3 is 2.29 bits per heavy atom. The first kappa shape index (κ1) is 29.7. The Kier molecular flexibility index (Phi) is 8.66. The molecule has 0 aliphatic carbocycles. The molecule has 6 N–H and O–H groups in total. The molecule has 38 heavy (non-hydrogen) atoms. The Hall–Kier alpha value is -2.87. The van der Waals surface area contributed by atoms with Crippen LogP contribution in [0.15, 0.2) is 42.5 Å². The summed E-state index contributed by atoms with van der Waals surface area (Å²) in [6, 6.07) is 9.51. The lowest BCUT2D eigenvalue weighted by atomic mass is 9.74. The van der Waals surface area contributed by atoms with Crippen LogP contribution in [0.4, 0.5) is 0 Å². The van der Waals surface area contributed by atoms with Crippen LogP contribution in [0.1, 0.15) is 32.3 Å². The van der Waals surface area contributed by atoms with Crippen molar-refractivity contribution in [3.05, 3.63) is 48.0 Å². The van der Waals surface area contributed by atoms with Crippen molar-refractivity contribution >= 4 is 17.9 Å². The number of carbonyl (C=O) groups excluding carboxylic acids is 1. The van der Waals surface area contributed by atoms with Crippen LogP contribution in [-0.4, -0.2) is 98.4 Å². The molecule has 2 fully saturated rings. The van der Waals surface area contributed by atoms with Gasteiger partial charge in [0.1, 0.15) is 24.4 Å². The van der Waals surface area contributed by atoms with Gasteiger partial charge in [0.05, 0.1) is 0 Å². The van der Waals surface area contributed by atoms with E-state index in [0.717, 1.165) is 5.56 Å². The summed E-state index contributed by atoms with van der Waals surface area (Å²) in [4.78, 5) is 36.4. The van der Waals surface area contributed by atoms with E-state index in [1.807, 2.05) is 37.3 Å². The van der Waals surface area contributed by atoms with Crippen LogP contribution < -0.4 is 5.32 Å². The second-order valence-electron chi connectivity index (χ2n) is 9.94. The van der Waals surface area contributed by atoms with Crippen molar-refractivity contribution in [1.82, 2.24) is 5.32 Å². The molecule has 2 saturated heterocycles. The van der Waals surface area contributed by atoms with Crippen molar-refractivity contribution in [3.8, 4) is 0 Å². The number of nitrogens with one attached hydrogen (secondary N) is 1. The van der Waals surface area contributed by atoms with Gasteiger partial charge < -0.3 is 45.1 Å². The number of hydrogen-bond donors (Lipinski definition) is 6. The first-order chi connectivity index (χ1) is 17.8. The van der Waals surface area contributed by atoms with E-state index in [2.05, 4.69) is 11.9 Å². The van der Waals surface area contributed by atoms with Gasteiger partial charge in [-0.3, -0.25) is 4.79 Å². The number of aliphatic carboxylic acids is 2. The fourth-order valence-corrected chi connectivity index (χ4v) is 5.43. The van der Waals surface area contributed by atoms with Crippen molar-refractivity contribution in [2.75, 3.05) is 13.6 Å². The van der Waals surface area contributed by atoms with Crippen LogP contribution in [0, 0.1) is 5.92 Å². The minimum Gasteiger partial charge on any atom is -0.479 e. The maximum absolute atomic E-state index is 12.4. The number of ether oxygens (including phenoxy) is 3. The van der Waals surface area contributed by atoms with Crippen molar-refractivity contribution in [1.29, 1.82) is 0 Å². The number of rotatable bonds is 12. The van der Waals surface area contributed by atoms with Crippen molar-refractivity contribution in [2.45, 2.75) is 74.5 Å². The zero-order valence-corrected chi connectivity index (χ0v) is 21.5. The second-order valence-corrected chi connectivity index (χ2v) is 9.94. The molecule has 8 atom stereocenters. The molecule has 2 aliphatic heterocycles. The molecule has 0 saturated carbocycles. The van der Waals surface area contributed by atoms with E-state index in [1.165, 1.54) is 14.0 Å². The van der Waals surface area contributed by atoms with Crippen molar-refractivity contribution in [2.24, 2.45) is 5.92 Å². The Bertz CT molecular complexity index is 1060. The Labute approximate surface area is 219 Å². The molecule has 0 amide bonds. The van der Waals surface area contributed by atoms with E-state index in [9.17, 15) is 39.9 Å². The summed E-state index contributed by atoms with van der Waals surface area (Å²) in [5.74, 6) is -6.94. The first-order valence-corrected chi connectivity index (χ1v) is 12.2. The molecule has 0 aromatic heterocycles. The number of hydrogen-bond acceptors (Lipinski definition) is 10. The molecule has 12 heteroatoms. The summed E-state index contributed by atoms with van der Waals surface area (Å²) in [6.45, 7) is 6.83. The number of esters is 1. The fourth-order valence-electron chi connectivity index (χ4n) is 5.43. The number of carboxylic acid groups (broad SMARTS) is 2. The number of carbonyl (C=O) groups is 3. The smallest absolute Gasteiger partial charge is 0.342 e. The van der Waals surface area contributed by atoms with Gasteiger partial charge in [-0.05, 0) is 31.0 Å². The van der Waals surface area contributed by atoms with Crippen molar-refractivity contribution < 1.29 is 54.1 Å². The number of carboxylic acids is 2. The Balaban J connectivity index is 1.90. The summed E-state index contributed by atoms with van der Waals surface area (Å²) >= 11 is 0. The zero-order chi connectivity index (χ0) is 28.5. The van der Waals surface area contributed by atoms with E-state index in [0.29, 0.717) is 12.0 Å². The number of aliphatic hydroxyl groups is 3. The molecule has 2 aliphatic rings. The first-order valence-electron chi connectivity index (χ1n) is 12.2. The quantitative estimate of drug-likeness (QED) is 0.153. The molecule has 2 bridgehead atoms. The summed E-state index contributed by atoms with van der Waals surface area (Å²) < 4.78 is 16.9. The van der Waals surface area contributed by atoms with E-state index in [-0.39, 0.29) is 25.3 Å². The van der Waals surface area contributed by atoms with Gasteiger partial charge in [0.15, 0.2) is 5.79 Å². The molecule has 3 rings (SSSR count). The average molecular weight is 538 g/mol. The predicted octanol–water partition coefficient (Wildman–Crippen LogP) is -0.161. The molecule has 1 aromatic rings. The Morgan fingerprint density at radius 2 is 1.76 bits per heavy atom. The summed E-state index contributed by atoms with van der Waals surface area (Å²) in [5.41, 5.74) is -4.96. The Morgan fingerprint density at radius 1 is 1.13 bits per heavy atom. The van der Waals surface area contributed by atoms with Gasteiger partial charge in [-0.25, -0.2) is 9.59 Å². The highest BCUT2D eigenvalue weighted by Gasteiger charge is 2.83. The van der Waals surface area contributed by atoms with Crippen LogP contribution >= 0.6 is 0 Å². The van der Waals surface area contributed by atoms with Gasteiger partial charge in [0, 0.05) is 25.8 Å². The number of benzene rings is 1. The van der Waals surface area contributed by atoms with E-state index >= 15 is 0 Å². The van der Waals surface area contributed by atoms with Gasteiger partial charge in [0.25, 0.3) is 0 Å². The third-order valence-electron chi connectivity index (χ3n) is 7.31. The molecular formula is C26H35NO11. The minimum atomic E-state index is -3.25. The molecule has 2 unspecified atom stereocenters. The normalized spacial score (nSPS) is 33.8. The monoisotopic (exact) mass is 537 g/mol. The van der Waals surface area contributed by atoms with Crippen molar-refractivity contribution in [3.63, 3.8) is 0 Å². The van der Waals surface area contributed by atoms with Crippen LogP contribution in [-0.2, 0) is 35.0 Å². The number of aliphatic hydroxyl groups excluding tert-OH is 2. The number of fused-ring (bicyclic) bond motifs is 2. The van der Waals surface area contributed by atoms with Gasteiger partial charge in [0.2, 0.25) is 11.2 Å². The van der Waals surface area contributed by atoms with Gasteiger partial charge in [-0.1, -0.05) is 43.8 Å². The molecule has 210 valence electrons. The van der Waals surface area contributed by atoms with E-state index < -0.39 is 59.3 Å². The van der Waals surface area contributed by atoms with Crippen LogP contribution in [0.25, 0.3) is 0 Å². The standard InChI is InChI=1S/C26H35NO11/c1-14(19(36-16(3)28)15(2)12-17-8-6-5-7-9-17)10-11-24-20(29)21(30)26(38-24,23(33)34)25(35,22(31)32)18(37-24)13-27-4/h5-9,15,18-21,27,29-30,35H,1,10-13H2,2-4H3,(H,31,32)(H,33,34)/t15?,18-,19?,20-,21-,24+,25-,26+/m1/s1. The number of likely N-dealkylation sites (N-methyl/N-ethyl adjacent to an activating group) is 1. The third kappa shape index (κ3) is 4.83. The molecule has 0 spiro atoms. The van der Waals surface area contributed by atoms with Crippen LogP contribution in [0.5, 0.6) is 0 Å². The maximum Gasteiger partial charge on any atom is 0.342 e. The average Bonchev–Trinajstić information content (AvgIpc) is 3.06. The van der Waals surface area contributed by atoms with Gasteiger partial charge in [-0.15, -0.1) is 0 Å². The third-order valence-corrected chi connectivity index (χ3v) is 7.31. The maximum atomic E-state index is 12.4. The van der Waals surface area contributed by atoms with Crippen LogP contribution in [0.2, 0.25) is 0 Å². The zero-order valence-electron chi connectivity index (χ0n) is 21.5. The highest BCUT2D eigenvalue weighted by molar-refractivity contribution is 5.93. The van der Waals surface area contributed by atoms with Gasteiger partial charge in [-0.2, -0.15) is 0 Å². The lowest BCUT2D eigenvalue weighted by Gasteiger charge is -2.50. The summed E-state index contributed by atoms with van der Waals surface area (Å²) in [5, 5.41) is 55.3. The lowest BCUT2D eigenvalue weighted by molar-refractivity contribution is -0.378. The largest absolute Gasteiger partial charge is 0.479 e. The predicted molar refractivity (Wildman–Crippen MR) is 131 cm³/mol. The van der Waals surface area contributed by atoms with E-state index in [4.69, 9.17) is 14.2 Å². The SMILES string of the molecule is C=C(CC[C@]12O[C@H](CNC)[C@@](O)(C(=O)O)[C@](C(=O)O)(O1)[C@H](O)[C@H]2O)C(OC(C)=O)C(C)Cc1ccccc1. The van der Waals surface area contributed by atoms with Crippen LogP contribution in [0.3, 0.4) is 0 Å². The lowest BCUT2D eigenvalue weighted by Crippen LogP contribution is -2.77. The molecule has 12 nitrogen and oxygen atoms in total. The summed E-state index contributed by atoms with van der Waals surface area (Å²) in [6.07, 6.45) is -6.62.